The van der Waals surface area contributed by atoms with Crippen molar-refractivity contribution in [3.63, 3.8) is 0 Å². The standard InChI is InChI=1S/C6H4N4O2/c11-5-1-2-6(12)10(5)9-4-3-7-8-9/h1-4H. The van der Waals surface area contributed by atoms with Gasteiger partial charge in [-0.1, -0.05) is 0 Å². The number of carbonyl (C=O) groups is 2. The average Bonchev–Trinajstić information content (AvgIpc) is 2.61. The molecule has 1 aromatic rings. The fraction of sp³-hybridized carbons (Fsp3) is 0. The average molecular weight is 164 g/mol. The normalized spacial score (nSPS) is 16.2. The smallest absolute Gasteiger partial charge is 0.267 e. The summed E-state index contributed by atoms with van der Waals surface area (Å²) in [5, 5.41) is 7.87. The summed E-state index contributed by atoms with van der Waals surface area (Å²) in [4.78, 5) is 23.1. The molecule has 6 heteroatoms. The third-order valence-corrected chi connectivity index (χ3v) is 1.40. The fourth-order valence-corrected chi connectivity index (χ4v) is 0.903. The van der Waals surface area contributed by atoms with Crippen LogP contribution in [0.15, 0.2) is 24.5 Å². The summed E-state index contributed by atoms with van der Waals surface area (Å²) in [5.41, 5.74) is 0. The molecular weight excluding hydrogens is 160 g/mol. The van der Waals surface area contributed by atoms with Gasteiger partial charge in [0.25, 0.3) is 11.8 Å². The highest BCUT2D eigenvalue weighted by atomic mass is 16.2. The lowest BCUT2D eigenvalue weighted by Crippen LogP contribution is -2.40. The monoisotopic (exact) mass is 164 g/mol. The number of aromatic nitrogens is 3. The molecule has 0 fully saturated rings. The van der Waals surface area contributed by atoms with Gasteiger partial charge in [-0.05, 0) is 5.21 Å². The highest BCUT2D eigenvalue weighted by molar-refractivity contribution is 6.23. The van der Waals surface area contributed by atoms with Gasteiger partial charge in [-0.3, -0.25) is 9.59 Å². The molecule has 2 rings (SSSR count). The topological polar surface area (TPSA) is 68.1 Å². The molecule has 60 valence electrons. The quantitative estimate of drug-likeness (QED) is 0.491. The van der Waals surface area contributed by atoms with Crippen molar-refractivity contribution >= 4 is 11.8 Å². The third kappa shape index (κ3) is 0.815. The SMILES string of the molecule is O=C1C=CC(=O)N1n1ccnn1. The lowest BCUT2D eigenvalue weighted by Gasteiger charge is -2.10. The van der Waals surface area contributed by atoms with E-state index in [0.29, 0.717) is 0 Å². The number of rotatable bonds is 1. The van der Waals surface area contributed by atoms with E-state index in [1.54, 1.807) is 0 Å². The summed E-state index contributed by atoms with van der Waals surface area (Å²) >= 11 is 0. The van der Waals surface area contributed by atoms with Crippen molar-refractivity contribution in [1.82, 2.24) is 15.1 Å². The van der Waals surface area contributed by atoms with Crippen LogP contribution >= 0.6 is 0 Å². The number of hydrogen-bond donors (Lipinski definition) is 0. The zero-order valence-corrected chi connectivity index (χ0v) is 5.91. The van der Waals surface area contributed by atoms with Crippen LogP contribution in [0.3, 0.4) is 0 Å². The van der Waals surface area contributed by atoms with Crippen LogP contribution in [0.1, 0.15) is 0 Å². The lowest BCUT2D eigenvalue weighted by atomic mass is 10.6. The minimum atomic E-state index is -0.412. The van der Waals surface area contributed by atoms with Crippen LogP contribution in [-0.2, 0) is 9.59 Å². The zero-order valence-electron chi connectivity index (χ0n) is 5.91. The van der Waals surface area contributed by atoms with E-state index in [0.717, 1.165) is 9.80 Å². The second-order valence-electron chi connectivity index (χ2n) is 2.15. The first-order valence-electron chi connectivity index (χ1n) is 3.22. The molecule has 0 unspecified atom stereocenters. The fourth-order valence-electron chi connectivity index (χ4n) is 0.903. The van der Waals surface area contributed by atoms with E-state index in [-0.39, 0.29) is 0 Å². The van der Waals surface area contributed by atoms with Gasteiger partial charge in [0.1, 0.15) is 0 Å². The van der Waals surface area contributed by atoms with E-state index in [9.17, 15) is 9.59 Å². The van der Waals surface area contributed by atoms with Crippen molar-refractivity contribution < 1.29 is 9.59 Å². The second kappa shape index (κ2) is 2.26. The molecule has 12 heavy (non-hydrogen) atoms. The summed E-state index contributed by atoms with van der Waals surface area (Å²) in [6, 6.07) is 0. The number of imide groups is 1. The first-order chi connectivity index (χ1) is 5.79. The van der Waals surface area contributed by atoms with Gasteiger partial charge in [0, 0.05) is 12.2 Å². The van der Waals surface area contributed by atoms with Crippen molar-refractivity contribution in [2.75, 3.05) is 5.01 Å². The molecule has 0 bridgehead atoms. The van der Waals surface area contributed by atoms with E-state index in [1.165, 1.54) is 24.5 Å². The lowest BCUT2D eigenvalue weighted by molar-refractivity contribution is -0.122. The van der Waals surface area contributed by atoms with Crippen molar-refractivity contribution in [3.05, 3.63) is 24.5 Å². The van der Waals surface area contributed by atoms with Gasteiger partial charge in [0.15, 0.2) is 0 Å². The number of nitrogens with zero attached hydrogens (tertiary/aromatic N) is 4. The van der Waals surface area contributed by atoms with Crippen LogP contribution in [0.5, 0.6) is 0 Å². The number of carbonyl (C=O) groups excluding carboxylic acids is 2. The van der Waals surface area contributed by atoms with Crippen molar-refractivity contribution in [2.45, 2.75) is 0 Å². The maximum atomic E-state index is 11.0. The molecule has 0 N–H and O–H groups in total. The molecule has 0 aliphatic carbocycles. The Labute approximate surface area is 67.0 Å². The molecule has 6 nitrogen and oxygen atoms in total. The summed E-state index contributed by atoms with van der Waals surface area (Å²) in [7, 11) is 0. The molecule has 2 heterocycles. The Morgan fingerprint density at radius 1 is 1.17 bits per heavy atom. The molecule has 1 aromatic heterocycles. The largest absolute Gasteiger partial charge is 0.274 e. The molecule has 0 saturated heterocycles. The van der Waals surface area contributed by atoms with Crippen LogP contribution in [0, 0.1) is 0 Å². The Bertz CT molecular complexity index is 336. The van der Waals surface area contributed by atoms with Crippen LogP contribution < -0.4 is 5.01 Å². The van der Waals surface area contributed by atoms with Crippen LogP contribution in [0.25, 0.3) is 0 Å². The molecule has 1 aliphatic rings. The Morgan fingerprint density at radius 3 is 2.33 bits per heavy atom. The van der Waals surface area contributed by atoms with Gasteiger partial charge in [-0.25, -0.2) is 0 Å². The number of amides is 2. The molecule has 0 radical (unpaired) electrons. The van der Waals surface area contributed by atoms with Gasteiger partial charge < -0.3 is 0 Å². The Hall–Kier alpha value is -1.98. The van der Waals surface area contributed by atoms with Crippen molar-refractivity contribution in [1.29, 1.82) is 0 Å². The van der Waals surface area contributed by atoms with E-state index < -0.39 is 11.8 Å². The van der Waals surface area contributed by atoms with E-state index in [4.69, 9.17) is 0 Å². The summed E-state index contributed by atoms with van der Waals surface area (Å²) in [6.45, 7) is 0. The predicted octanol–water partition coefficient (Wildman–Crippen LogP) is -1.16. The second-order valence-corrected chi connectivity index (χ2v) is 2.15. The molecule has 0 spiro atoms. The highest BCUT2D eigenvalue weighted by Gasteiger charge is 2.25. The molecule has 0 saturated carbocycles. The molecular formula is C6H4N4O2. The first kappa shape index (κ1) is 6.71. The van der Waals surface area contributed by atoms with Crippen molar-refractivity contribution in [3.8, 4) is 0 Å². The van der Waals surface area contributed by atoms with Crippen LogP contribution in [0.4, 0.5) is 0 Å². The third-order valence-electron chi connectivity index (χ3n) is 1.40. The van der Waals surface area contributed by atoms with Gasteiger partial charge in [-0.15, -0.1) is 9.89 Å². The van der Waals surface area contributed by atoms with Crippen molar-refractivity contribution in [2.24, 2.45) is 0 Å². The molecule has 1 aliphatic heterocycles. The van der Waals surface area contributed by atoms with Gasteiger partial charge in [0.05, 0.1) is 12.4 Å². The summed E-state index contributed by atoms with van der Waals surface area (Å²) in [6.07, 6.45) is 5.18. The van der Waals surface area contributed by atoms with E-state index in [2.05, 4.69) is 10.3 Å². The summed E-state index contributed by atoms with van der Waals surface area (Å²) in [5.74, 6) is -0.823. The first-order valence-corrected chi connectivity index (χ1v) is 3.22. The summed E-state index contributed by atoms with van der Waals surface area (Å²) < 4.78 is 0. The Balaban J connectivity index is 2.37. The van der Waals surface area contributed by atoms with Gasteiger partial charge in [0.2, 0.25) is 0 Å². The molecule has 2 amide bonds. The zero-order chi connectivity index (χ0) is 8.55. The van der Waals surface area contributed by atoms with Crippen LogP contribution in [-0.4, -0.2) is 26.9 Å². The maximum Gasteiger partial charge on any atom is 0.274 e. The Kier molecular flexibility index (Phi) is 1.26. The van der Waals surface area contributed by atoms with Gasteiger partial charge in [-0.2, -0.15) is 5.01 Å². The van der Waals surface area contributed by atoms with Gasteiger partial charge >= 0.3 is 0 Å². The van der Waals surface area contributed by atoms with Crippen LogP contribution in [0.2, 0.25) is 0 Å². The molecule has 0 atom stereocenters. The minimum absolute atomic E-state index is 0.412. The predicted molar refractivity (Wildman–Crippen MR) is 37.4 cm³/mol. The van der Waals surface area contributed by atoms with E-state index >= 15 is 0 Å². The number of hydrogen-bond acceptors (Lipinski definition) is 4. The highest BCUT2D eigenvalue weighted by Crippen LogP contribution is 2.00. The Morgan fingerprint density at radius 2 is 1.83 bits per heavy atom. The molecule has 0 aromatic carbocycles. The minimum Gasteiger partial charge on any atom is -0.267 e. The maximum absolute atomic E-state index is 11.0. The van der Waals surface area contributed by atoms with E-state index in [1.807, 2.05) is 0 Å².